The summed E-state index contributed by atoms with van der Waals surface area (Å²) in [5.41, 5.74) is 0.982. The number of methoxy groups -OCH3 is 2. The molecule has 74 valence electrons. The minimum Gasteiger partial charge on any atom is -0.493 e. The first-order valence-corrected chi connectivity index (χ1v) is 4.02. The number of hydrogen-bond donors (Lipinski definition) is 1. The van der Waals surface area contributed by atoms with Crippen molar-refractivity contribution in [2.45, 2.75) is 6.61 Å². The van der Waals surface area contributed by atoms with Crippen LogP contribution in [-0.2, 0) is 6.61 Å². The van der Waals surface area contributed by atoms with Crippen LogP contribution in [0.4, 0.5) is 0 Å². The lowest BCUT2D eigenvalue weighted by Crippen LogP contribution is -1.96. The molecule has 14 heavy (non-hydrogen) atoms. The zero-order valence-electron chi connectivity index (χ0n) is 8.07. The van der Waals surface area contributed by atoms with Gasteiger partial charge in [-0.2, -0.15) is 5.26 Å². The molecule has 0 saturated heterocycles. The predicted octanol–water partition coefficient (Wildman–Crippen LogP) is 1.07. The molecule has 0 atom stereocenters. The van der Waals surface area contributed by atoms with Crippen LogP contribution >= 0.6 is 0 Å². The van der Waals surface area contributed by atoms with Crippen LogP contribution in [0.1, 0.15) is 11.1 Å². The third kappa shape index (κ3) is 1.78. The van der Waals surface area contributed by atoms with Crippen LogP contribution in [0.2, 0.25) is 0 Å². The Morgan fingerprint density at radius 2 is 2.07 bits per heavy atom. The highest BCUT2D eigenvalue weighted by Gasteiger charge is 2.11. The Labute approximate surface area is 82.3 Å². The van der Waals surface area contributed by atoms with Gasteiger partial charge in [0.05, 0.1) is 26.4 Å². The van der Waals surface area contributed by atoms with E-state index in [1.165, 1.54) is 14.2 Å². The van der Waals surface area contributed by atoms with Gasteiger partial charge in [-0.15, -0.1) is 0 Å². The van der Waals surface area contributed by atoms with E-state index < -0.39 is 0 Å². The molecule has 0 unspecified atom stereocenters. The number of nitriles is 1. The number of benzene rings is 1. The molecular weight excluding hydrogens is 182 g/mol. The van der Waals surface area contributed by atoms with Gasteiger partial charge in [0.1, 0.15) is 6.07 Å². The highest BCUT2D eigenvalue weighted by atomic mass is 16.5. The van der Waals surface area contributed by atoms with E-state index >= 15 is 0 Å². The van der Waals surface area contributed by atoms with Gasteiger partial charge in [-0.05, 0) is 17.7 Å². The van der Waals surface area contributed by atoms with Gasteiger partial charge in [0.15, 0.2) is 11.5 Å². The summed E-state index contributed by atoms with van der Waals surface area (Å²) in [4.78, 5) is 0. The molecule has 0 fully saturated rings. The molecule has 0 heterocycles. The standard InChI is InChI=1S/C10H11NO3/c1-13-9-4-7(6-12)3-8(5-11)10(9)14-2/h3-4,12H,6H2,1-2H3. The van der Waals surface area contributed by atoms with Gasteiger partial charge in [0.2, 0.25) is 0 Å². The number of rotatable bonds is 3. The largest absolute Gasteiger partial charge is 0.493 e. The summed E-state index contributed by atoms with van der Waals surface area (Å²) in [6.45, 7) is -0.130. The molecule has 4 nitrogen and oxygen atoms in total. The van der Waals surface area contributed by atoms with E-state index in [0.29, 0.717) is 22.6 Å². The lowest BCUT2D eigenvalue weighted by atomic mass is 10.1. The lowest BCUT2D eigenvalue weighted by Gasteiger charge is -2.10. The molecule has 4 heteroatoms. The molecule has 1 rings (SSSR count). The van der Waals surface area contributed by atoms with Crippen molar-refractivity contribution in [3.8, 4) is 17.6 Å². The summed E-state index contributed by atoms with van der Waals surface area (Å²) < 4.78 is 10.1. The van der Waals surface area contributed by atoms with Crippen LogP contribution in [-0.4, -0.2) is 19.3 Å². The molecule has 0 bridgehead atoms. The van der Waals surface area contributed by atoms with Crippen LogP contribution in [0.15, 0.2) is 12.1 Å². The predicted molar refractivity (Wildman–Crippen MR) is 50.2 cm³/mol. The molecule has 0 aliphatic heterocycles. The van der Waals surface area contributed by atoms with Gasteiger partial charge in [0.25, 0.3) is 0 Å². The molecule has 0 aromatic heterocycles. The topological polar surface area (TPSA) is 62.5 Å². The van der Waals surface area contributed by atoms with Crippen molar-refractivity contribution in [3.63, 3.8) is 0 Å². The third-order valence-corrected chi connectivity index (χ3v) is 1.84. The van der Waals surface area contributed by atoms with E-state index in [1.807, 2.05) is 6.07 Å². The van der Waals surface area contributed by atoms with Crippen LogP contribution in [0.3, 0.4) is 0 Å². The van der Waals surface area contributed by atoms with Gasteiger partial charge < -0.3 is 14.6 Å². The molecule has 1 aromatic carbocycles. The summed E-state index contributed by atoms with van der Waals surface area (Å²) in [6.07, 6.45) is 0. The maximum Gasteiger partial charge on any atom is 0.178 e. The van der Waals surface area contributed by atoms with E-state index in [1.54, 1.807) is 12.1 Å². The van der Waals surface area contributed by atoms with Crippen molar-refractivity contribution >= 4 is 0 Å². The molecule has 0 amide bonds. The van der Waals surface area contributed by atoms with E-state index in [2.05, 4.69) is 0 Å². The fraction of sp³-hybridized carbons (Fsp3) is 0.300. The first-order valence-electron chi connectivity index (χ1n) is 4.02. The van der Waals surface area contributed by atoms with Crippen LogP contribution in [0.5, 0.6) is 11.5 Å². The van der Waals surface area contributed by atoms with Crippen LogP contribution in [0, 0.1) is 11.3 Å². The molecule has 0 aliphatic carbocycles. The van der Waals surface area contributed by atoms with E-state index in [9.17, 15) is 0 Å². The van der Waals surface area contributed by atoms with Crippen LogP contribution in [0.25, 0.3) is 0 Å². The molecule has 0 spiro atoms. The number of hydrogen-bond acceptors (Lipinski definition) is 4. The van der Waals surface area contributed by atoms with Crippen molar-refractivity contribution in [2.24, 2.45) is 0 Å². The summed E-state index contributed by atoms with van der Waals surface area (Å²) in [6, 6.07) is 5.19. The third-order valence-electron chi connectivity index (χ3n) is 1.84. The van der Waals surface area contributed by atoms with Crippen molar-refractivity contribution in [3.05, 3.63) is 23.3 Å². The summed E-state index contributed by atoms with van der Waals surface area (Å²) in [5, 5.41) is 17.8. The molecule has 0 aliphatic rings. The first kappa shape index (κ1) is 10.4. The highest BCUT2D eigenvalue weighted by molar-refractivity contribution is 5.54. The van der Waals surface area contributed by atoms with Crippen molar-refractivity contribution in [1.82, 2.24) is 0 Å². The summed E-state index contributed by atoms with van der Waals surface area (Å²) >= 11 is 0. The average Bonchev–Trinajstić information content (AvgIpc) is 2.26. The number of ether oxygens (including phenoxy) is 2. The molecule has 0 radical (unpaired) electrons. The number of aliphatic hydroxyl groups excluding tert-OH is 1. The van der Waals surface area contributed by atoms with E-state index in [4.69, 9.17) is 19.8 Å². The second-order valence-corrected chi connectivity index (χ2v) is 2.65. The zero-order valence-corrected chi connectivity index (χ0v) is 8.07. The molecule has 1 N–H and O–H groups in total. The second-order valence-electron chi connectivity index (χ2n) is 2.65. The van der Waals surface area contributed by atoms with E-state index in [0.717, 1.165) is 0 Å². The van der Waals surface area contributed by atoms with Gasteiger partial charge in [0, 0.05) is 0 Å². The first-order chi connectivity index (χ1) is 6.76. The SMILES string of the molecule is COc1cc(CO)cc(C#N)c1OC. The Morgan fingerprint density at radius 3 is 2.50 bits per heavy atom. The highest BCUT2D eigenvalue weighted by Crippen LogP contribution is 2.31. The summed E-state index contributed by atoms with van der Waals surface area (Å²) in [7, 11) is 2.96. The second kappa shape index (κ2) is 4.49. The quantitative estimate of drug-likeness (QED) is 0.779. The minimum atomic E-state index is -0.130. The van der Waals surface area contributed by atoms with E-state index in [-0.39, 0.29) is 6.61 Å². The van der Waals surface area contributed by atoms with Crippen molar-refractivity contribution < 1.29 is 14.6 Å². The normalized spacial score (nSPS) is 9.29. The summed E-state index contributed by atoms with van der Waals surface area (Å²) in [5.74, 6) is 0.850. The van der Waals surface area contributed by atoms with Crippen molar-refractivity contribution in [2.75, 3.05) is 14.2 Å². The maximum absolute atomic E-state index is 8.94. The Bertz CT molecular complexity index is 368. The average molecular weight is 193 g/mol. The van der Waals surface area contributed by atoms with Crippen molar-refractivity contribution in [1.29, 1.82) is 5.26 Å². The minimum absolute atomic E-state index is 0.130. The fourth-order valence-corrected chi connectivity index (χ4v) is 1.20. The zero-order chi connectivity index (χ0) is 10.6. The van der Waals surface area contributed by atoms with Gasteiger partial charge in [-0.1, -0.05) is 0 Å². The Morgan fingerprint density at radius 1 is 1.36 bits per heavy atom. The van der Waals surface area contributed by atoms with Gasteiger partial charge in [-0.3, -0.25) is 0 Å². The lowest BCUT2D eigenvalue weighted by molar-refractivity contribution is 0.280. The number of nitrogens with zero attached hydrogens (tertiary/aromatic N) is 1. The van der Waals surface area contributed by atoms with Gasteiger partial charge in [-0.25, -0.2) is 0 Å². The fourth-order valence-electron chi connectivity index (χ4n) is 1.20. The molecular formula is C10H11NO3. The van der Waals surface area contributed by atoms with Crippen LogP contribution < -0.4 is 9.47 Å². The smallest absolute Gasteiger partial charge is 0.178 e. The maximum atomic E-state index is 8.94. The molecule has 0 saturated carbocycles. The molecule has 1 aromatic rings. The van der Waals surface area contributed by atoms with Gasteiger partial charge >= 0.3 is 0 Å². The Hall–Kier alpha value is -1.73. The Balaban J connectivity index is 3.34. The number of aliphatic hydroxyl groups is 1. The Kier molecular flexibility index (Phi) is 3.32. The monoisotopic (exact) mass is 193 g/mol.